The summed E-state index contributed by atoms with van der Waals surface area (Å²) in [5.41, 5.74) is 3.18. The molecule has 2 aromatic heterocycles. The average molecular weight is 387 g/mol. The molecule has 3 rings (SSSR count). The van der Waals surface area contributed by atoms with Gasteiger partial charge in [-0.1, -0.05) is 0 Å². The lowest BCUT2D eigenvalue weighted by Gasteiger charge is -2.34. The Bertz CT molecular complexity index is 901. The maximum atomic E-state index is 12.5. The molecule has 0 aliphatic carbocycles. The van der Waals surface area contributed by atoms with Crippen molar-refractivity contribution in [1.82, 2.24) is 24.9 Å². The van der Waals surface area contributed by atoms with E-state index in [9.17, 15) is 9.59 Å². The molecule has 1 unspecified atom stereocenters. The van der Waals surface area contributed by atoms with Crippen LogP contribution in [0.15, 0.2) is 16.9 Å². The highest BCUT2D eigenvalue weighted by molar-refractivity contribution is 5.76. The van der Waals surface area contributed by atoms with Gasteiger partial charge in [-0.15, -0.1) is 0 Å². The van der Waals surface area contributed by atoms with Gasteiger partial charge in [-0.3, -0.25) is 14.3 Å². The third kappa shape index (κ3) is 4.43. The molecule has 8 heteroatoms. The number of hydrogen-bond acceptors (Lipinski definition) is 5. The van der Waals surface area contributed by atoms with Crippen LogP contribution in [0.4, 0.5) is 5.82 Å². The quantitative estimate of drug-likeness (QED) is 0.810. The van der Waals surface area contributed by atoms with Gasteiger partial charge in [0.05, 0.1) is 5.69 Å². The first kappa shape index (κ1) is 20.1. The van der Waals surface area contributed by atoms with Gasteiger partial charge in [0.2, 0.25) is 5.91 Å². The molecule has 0 spiro atoms. The van der Waals surface area contributed by atoms with E-state index in [0.717, 1.165) is 42.2 Å². The molecule has 0 radical (unpaired) electrons. The molecule has 1 amide bonds. The summed E-state index contributed by atoms with van der Waals surface area (Å²) in [5, 5.41) is 12.0. The maximum Gasteiger partial charge on any atom is 0.266 e. The summed E-state index contributed by atoms with van der Waals surface area (Å²) in [4.78, 5) is 26.4. The van der Waals surface area contributed by atoms with Gasteiger partial charge in [0.15, 0.2) is 0 Å². The van der Waals surface area contributed by atoms with Gasteiger partial charge in [-0.25, -0.2) is 4.68 Å². The Morgan fingerprint density at radius 2 is 2.07 bits per heavy atom. The molecule has 152 valence electrons. The van der Waals surface area contributed by atoms with Gasteiger partial charge >= 0.3 is 0 Å². The third-order valence-electron chi connectivity index (χ3n) is 5.52. The van der Waals surface area contributed by atoms with Crippen molar-refractivity contribution in [2.45, 2.75) is 59.0 Å². The summed E-state index contributed by atoms with van der Waals surface area (Å²) < 4.78 is 3.33. The summed E-state index contributed by atoms with van der Waals surface area (Å²) >= 11 is 0. The van der Waals surface area contributed by atoms with Crippen LogP contribution in [0.3, 0.4) is 0 Å². The molecule has 8 nitrogen and oxygen atoms in total. The highest BCUT2D eigenvalue weighted by atomic mass is 16.1. The van der Waals surface area contributed by atoms with Crippen molar-refractivity contribution in [3.8, 4) is 0 Å². The Kier molecular flexibility index (Phi) is 6.16. The lowest BCUT2D eigenvalue weighted by Crippen LogP contribution is -2.48. The molecule has 2 aromatic rings. The number of piperidine rings is 1. The highest BCUT2D eigenvalue weighted by Crippen LogP contribution is 2.18. The number of aryl methyl sites for hydroxylation is 3. The normalized spacial score (nSPS) is 17.0. The van der Waals surface area contributed by atoms with Crippen LogP contribution in [0.2, 0.25) is 0 Å². The van der Waals surface area contributed by atoms with Crippen LogP contribution in [0, 0.1) is 13.8 Å². The zero-order chi connectivity index (χ0) is 20.3. The number of carbonyl (C=O) groups excluding carboxylic acids is 1. The van der Waals surface area contributed by atoms with E-state index in [1.807, 2.05) is 32.5 Å². The molecule has 1 aliphatic rings. The maximum absolute atomic E-state index is 12.5. The molecular formula is C20H30N6O2. The van der Waals surface area contributed by atoms with E-state index >= 15 is 0 Å². The third-order valence-corrected chi connectivity index (χ3v) is 5.52. The summed E-state index contributed by atoms with van der Waals surface area (Å²) in [6.45, 7) is 8.08. The smallest absolute Gasteiger partial charge is 0.266 e. The first-order valence-corrected chi connectivity index (χ1v) is 10.0. The zero-order valence-electron chi connectivity index (χ0n) is 17.2. The highest BCUT2D eigenvalue weighted by Gasteiger charge is 2.23. The van der Waals surface area contributed by atoms with Gasteiger partial charge in [-0.2, -0.15) is 10.2 Å². The second-order valence-electron chi connectivity index (χ2n) is 7.47. The van der Waals surface area contributed by atoms with E-state index in [0.29, 0.717) is 25.9 Å². The molecule has 1 fully saturated rings. The lowest BCUT2D eigenvalue weighted by atomic mass is 10.0. The fraction of sp³-hybridized carbons (Fsp3) is 0.600. The summed E-state index contributed by atoms with van der Waals surface area (Å²) in [5.74, 6) is 0.864. The fourth-order valence-electron chi connectivity index (χ4n) is 3.85. The molecule has 0 saturated carbocycles. The van der Waals surface area contributed by atoms with E-state index in [2.05, 4.69) is 20.4 Å². The summed E-state index contributed by atoms with van der Waals surface area (Å²) in [6.07, 6.45) is 3.11. The number of nitrogens with one attached hydrogen (secondary N) is 1. The summed E-state index contributed by atoms with van der Waals surface area (Å²) in [6, 6.07) is 3.43. The molecule has 0 bridgehead atoms. The second kappa shape index (κ2) is 8.58. The Hall–Kier alpha value is -2.64. The van der Waals surface area contributed by atoms with Gasteiger partial charge in [0.1, 0.15) is 5.82 Å². The topological polar surface area (TPSA) is 85.1 Å². The van der Waals surface area contributed by atoms with E-state index in [4.69, 9.17) is 0 Å². The van der Waals surface area contributed by atoms with E-state index in [1.54, 1.807) is 12.1 Å². The Labute approximate surface area is 165 Å². The van der Waals surface area contributed by atoms with Gasteiger partial charge in [0.25, 0.3) is 5.56 Å². The number of aromatic nitrogens is 4. The number of rotatable bonds is 6. The van der Waals surface area contributed by atoms with Crippen LogP contribution in [-0.2, 0) is 24.8 Å². The SMILES string of the molecule is CCn1nc(N2CCCC(NC(=O)CCc3c(C)nn(C)c3C)C2)ccc1=O. The van der Waals surface area contributed by atoms with Crippen LogP contribution in [0.25, 0.3) is 0 Å². The Morgan fingerprint density at radius 1 is 1.29 bits per heavy atom. The molecule has 0 aromatic carbocycles. The largest absolute Gasteiger partial charge is 0.353 e. The predicted molar refractivity (Wildman–Crippen MR) is 109 cm³/mol. The van der Waals surface area contributed by atoms with Crippen LogP contribution in [0.5, 0.6) is 0 Å². The molecular weight excluding hydrogens is 356 g/mol. The summed E-state index contributed by atoms with van der Waals surface area (Å²) in [7, 11) is 1.93. The first-order valence-electron chi connectivity index (χ1n) is 10.0. The molecule has 1 atom stereocenters. The predicted octanol–water partition coefficient (Wildman–Crippen LogP) is 1.33. The molecule has 1 saturated heterocycles. The van der Waals surface area contributed by atoms with Crippen LogP contribution < -0.4 is 15.8 Å². The van der Waals surface area contributed by atoms with Crippen molar-refractivity contribution < 1.29 is 4.79 Å². The van der Waals surface area contributed by atoms with E-state index in [-0.39, 0.29) is 17.5 Å². The minimum atomic E-state index is -0.0888. The van der Waals surface area contributed by atoms with Crippen molar-refractivity contribution in [1.29, 1.82) is 0 Å². The fourth-order valence-corrected chi connectivity index (χ4v) is 3.85. The van der Waals surface area contributed by atoms with Gasteiger partial charge in [0, 0.05) is 50.9 Å². The second-order valence-corrected chi connectivity index (χ2v) is 7.47. The number of amides is 1. The van der Waals surface area contributed by atoms with E-state index < -0.39 is 0 Å². The van der Waals surface area contributed by atoms with E-state index in [1.165, 1.54) is 4.68 Å². The minimum absolute atomic E-state index is 0.0704. The zero-order valence-corrected chi connectivity index (χ0v) is 17.2. The Balaban J connectivity index is 1.57. The van der Waals surface area contributed by atoms with Gasteiger partial charge in [-0.05, 0) is 51.7 Å². The van der Waals surface area contributed by atoms with Crippen LogP contribution >= 0.6 is 0 Å². The lowest BCUT2D eigenvalue weighted by molar-refractivity contribution is -0.121. The number of carbonyl (C=O) groups is 1. The average Bonchev–Trinajstić information content (AvgIpc) is 2.92. The van der Waals surface area contributed by atoms with Crippen molar-refractivity contribution in [2.24, 2.45) is 7.05 Å². The van der Waals surface area contributed by atoms with Crippen LogP contribution in [0.1, 0.15) is 43.1 Å². The van der Waals surface area contributed by atoms with Crippen molar-refractivity contribution >= 4 is 11.7 Å². The van der Waals surface area contributed by atoms with Crippen molar-refractivity contribution in [2.75, 3.05) is 18.0 Å². The minimum Gasteiger partial charge on any atom is -0.353 e. The van der Waals surface area contributed by atoms with Crippen molar-refractivity contribution in [3.63, 3.8) is 0 Å². The number of hydrogen-bond donors (Lipinski definition) is 1. The van der Waals surface area contributed by atoms with Crippen LogP contribution in [-0.4, -0.2) is 44.6 Å². The molecule has 1 aliphatic heterocycles. The molecule has 3 heterocycles. The molecule has 1 N–H and O–H groups in total. The first-order chi connectivity index (χ1) is 13.4. The molecule has 28 heavy (non-hydrogen) atoms. The van der Waals surface area contributed by atoms with Gasteiger partial charge < -0.3 is 10.2 Å². The Morgan fingerprint density at radius 3 is 2.75 bits per heavy atom. The monoisotopic (exact) mass is 386 g/mol. The number of anilines is 1. The number of nitrogens with zero attached hydrogens (tertiary/aromatic N) is 5. The van der Waals surface area contributed by atoms with Crippen molar-refractivity contribution in [3.05, 3.63) is 39.4 Å². The standard InChI is InChI=1S/C20H30N6O2/c1-5-26-20(28)11-9-18(23-26)25-12-6-7-16(13-25)21-19(27)10-8-17-14(2)22-24(4)15(17)3/h9,11,16H,5-8,10,12-13H2,1-4H3,(H,21,27).